The first-order chi connectivity index (χ1) is 9.77. The van der Waals surface area contributed by atoms with Gasteiger partial charge in [-0.1, -0.05) is 13.3 Å². The molecule has 0 aliphatic rings. The van der Waals surface area contributed by atoms with Crippen LogP contribution in [-0.4, -0.2) is 32.8 Å². The fourth-order valence-electron chi connectivity index (χ4n) is 2.09. The van der Waals surface area contributed by atoms with Crippen LogP contribution < -0.4 is 5.32 Å². The average Bonchev–Trinajstić information content (AvgIpc) is 2.66. The zero-order chi connectivity index (χ0) is 16.2. The first kappa shape index (κ1) is 17.1. The molecule has 0 radical (unpaired) electrons. The normalized spacial score (nSPS) is 12.5. The van der Waals surface area contributed by atoms with E-state index in [4.69, 9.17) is 5.11 Å². The highest BCUT2D eigenvalue weighted by molar-refractivity contribution is 5.85. The molecule has 0 aliphatic carbocycles. The molecule has 118 valence electrons. The van der Waals surface area contributed by atoms with Crippen molar-refractivity contribution in [3.8, 4) is 0 Å². The lowest BCUT2D eigenvalue weighted by Crippen LogP contribution is -2.41. The van der Waals surface area contributed by atoms with E-state index < -0.39 is 24.5 Å². The summed E-state index contributed by atoms with van der Waals surface area (Å²) in [6, 6.07) is -0.965. The second kappa shape index (κ2) is 7.14. The Morgan fingerprint density at radius 3 is 2.43 bits per heavy atom. The number of aryl methyl sites for hydroxylation is 1. The lowest BCUT2D eigenvalue weighted by molar-refractivity contribution is -0.141. The van der Waals surface area contributed by atoms with Crippen molar-refractivity contribution in [1.82, 2.24) is 15.1 Å². The third-order valence-electron chi connectivity index (χ3n) is 3.21. The molecule has 0 aliphatic heterocycles. The van der Waals surface area contributed by atoms with Crippen molar-refractivity contribution in [1.29, 1.82) is 0 Å². The fraction of sp³-hybridized carbons (Fsp3) is 0.615. The minimum Gasteiger partial charge on any atom is -0.480 e. The summed E-state index contributed by atoms with van der Waals surface area (Å²) >= 11 is 0. The van der Waals surface area contributed by atoms with E-state index in [0.29, 0.717) is 28.8 Å². The monoisotopic (exact) mass is 303 g/mol. The summed E-state index contributed by atoms with van der Waals surface area (Å²) in [5.41, 5.74) is 0.943. The van der Waals surface area contributed by atoms with Gasteiger partial charge in [0.25, 0.3) is 0 Å². The molecule has 21 heavy (non-hydrogen) atoms. The van der Waals surface area contributed by atoms with Gasteiger partial charge in [-0.25, -0.2) is 9.48 Å². The summed E-state index contributed by atoms with van der Waals surface area (Å²) in [7, 11) is 0. The molecule has 0 saturated heterocycles. The summed E-state index contributed by atoms with van der Waals surface area (Å²) in [5, 5.41) is 15.1. The molecule has 6 nitrogen and oxygen atoms in total. The van der Waals surface area contributed by atoms with Crippen LogP contribution >= 0.6 is 0 Å². The van der Waals surface area contributed by atoms with E-state index in [1.54, 1.807) is 0 Å². The lowest BCUT2D eigenvalue weighted by Gasteiger charge is -2.13. The molecule has 1 rings (SSSR count). The van der Waals surface area contributed by atoms with E-state index in [-0.39, 0.29) is 12.1 Å². The van der Waals surface area contributed by atoms with Crippen LogP contribution in [0, 0.1) is 13.8 Å². The maximum Gasteiger partial charge on any atom is 0.333 e. The number of hydrogen-bond acceptors (Lipinski definition) is 3. The Morgan fingerprint density at radius 1 is 1.38 bits per heavy atom. The van der Waals surface area contributed by atoms with Crippen LogP contribution in [0.15, 0.2) is 0 Å². The Bertz CT molecular complexity index is 529. The minimum atomic E-state index is -2.77. The van der Waals surface area contributed by atoms with Gasteiger partial charge in [-0.15, -0.1) is 0 Å². The zero-order valence-electron chi connectivity index (χ0n) is 12.2. The van der Waals surface area contributed by atoms with Crippen molar-refractivity contribution in [3.63, 3.8) is 0 Å². The Kier molecular flexibility index (Phi) is 5.80. The van der Waals surface area contributed by atoms with Crippen molar-refractivity contribution in [2.75, 3.05) is 0 Å². The highest BCUT2D eigenvalue weighted by atomic mass is 19.3. The van der Waals surface area contributed by atoms with Crippen LogP contribution in [0.25, 0.3) is 0 Å². The fourth-order valence-corrected chi connectivity index (χ4v) is 2.09. The molecule has 0 bridgehead atoms. The number of amides is 1. The number of carboxylic acids is 1. The van der Waals surface area contributed by atoms with Crippen LogP contribution in [0.3, 0.4) is 0 Å². The number of aliphatic carboxylic acids is 1. The van der Waals surface area contributed by atoms with Crippen LogP contribution in [0.4, 0.5) is 8.78 Å². The van der Waals surface area contributed by atoms with Gasteiger partial charge in [-0.2, -0.15) is 13.9 Å². The molecule has 2 N–H and O–H groups in total. The van der Waals surface area contributed by atoms with Gasteiger partial charge in [-0.3, -0.25) is 4.79 Å². The van der Waals surface area contributed by atoms with Gasteiger partial charge in [0, 0.05) is 11.3 Å². The van der Waals surface area contributed by atoms with Crippen molar-refractivity contribution >= 4 is 11.9 Å². The molecule has 1 amide bonds. The summed E-state index contributed by atoms with van der Waals surface area (Å²) in [6.07, 6.45) is 0.756. The van der Waals surface area contributed by atoms with Gasteiger partial charge in [0.15, 0.2) is 0 Å². The minimum absolute atomic E-state index is 0.169. The zero-order valence-corrected chi connectivity index (χ0v) is 12.2. The Labute approximate surface area is 121 Å². The number of aromatic nitrogens is 2. The van der Waals surface area contributed by atoms with Crippen LogP contribution in [0.1, 0.15) is 43.3 Å². The molecular weight excluding hydrogens is 284 g/mol. The van der Waals surface area contributed by atoms with Gasteiger partial charge in [0.05, 0.1) is 12.1 Å². The van der Waals surface area contributed by atoms with Gasteiger partial charge < -0.3 is 10.4 Å². The van der Waals surface area contributed by atoms with E-state index in [1.165, 1.54) is 13.8 Å². The second-order valence-electron chi connectivity index (χ2n) is 4.80. The highest BCUT2D eigenvalue weighted by Gasteiger charge is 2.22. The third-order valence-corrected chi connectivity index (χ3v) is 3.21. The van der Waals surface area contributed by atoms with Crippen molar-refractivity contribution in [3.05, 3.63) is 17.0 Å². The quantitative estimate of drug-likeness (QED) is 0.804. The largest absolute Gasteiger partial charge is 0.480 e. The molecule has 0 saturated carbocycles. The molecule has 1 aromatic rings. The second-order valence-corrected chi connectivity index (χ2v) is 4.80. The molecule has 8 heteroatoms. The summed E-state index contributed by atoms with van der Waals surface area (Å²) in [6.45, 7) is 2.03. The number of nitrogens with one attached hydrogen (secondary N) is 1. The summed E-state index contributed by atoms with van der Waals surface area (Å²) < 4.78 is 25.9. The van der Waals surface area contributed by atoms with Crippen LogP contribution in [-0.2, 0) is 16.0 Å². The number of carboxylic acid groups (broad SMARTS) is 1. The molecular formula is C13H19F2N3O3. The first-order valence-corrected chi connectivity index (χ1v) is 6.62. The standard InChI is InChI=1S/C13H19F2N3O3/c1-4-5-10(12(20)21)16-11(19)6-9-7(2)17-18(8(9)3)13(14)15/h10,13H,4-6H2,1-3H3,(H,16,19)(H,20,21). The number of carbonyl (C=O) groups excluding carboxylic acids is 1. The molecule has 1 unspecified atom stereocenters. The molecule has 1 heterocycles. The van der Waals surface area contributed by atoms with E-state index in [2.05, 4.69) is 10.4 Å². The number of halogens is 2. The van der Waals surface area contributed by atoms with E-state index in [1.807, 2.05) is 6.92 Å². The van der Waals surface area contributed by atoms with Gasteiger partial charge >= 0.3 is 12.5 Å². The van der Waals surface area contributed by atoms with Crippen LogP contribution in [0.2, 0.25) is 0 Å². The molecule has 0 spiro atoms. The third kappa shape index (κ3) is 4.24. The van der Waals surface area contributed by atoms with Gasteiger partial charge in [0.1, 0.15) is 6.04 Å². The lowest BCUT2D eigenvalue weighted by atomic mass is 10.1. The number of rotatable bonds is 7. The average molecular weight is 303 g/mol. The van der Waals surface area contributed by atoms with Gasteiger partial charge in [0.2, 0.25) is 5.91 Å². The topological polar surface area (TPSA) is 84.2 Å². The Balaban J connectivity index is 2.81. The van der Waals surface area contributed by atoms with E-state index >= 15 is 0 Å². The Morgan fingerprint density at radius 2 is 2.00 bits per heavy atom. The number of carbonyl (C=O) groups is 2. The van der Waals surface area contributed by atoms with E-state index in [9.17, 15) is 18.4 Å². The first-order valence-electron chi connectivity index (χ1n) is 6.62. The van der Waals surface area contributed by atoms with Crippen molar-refractivity contribution in [2.24, 2.45) is 0 Å². The molecule has 1 aromatic heterocycles. The molecule has 0 aromatic carbocycles. The van der Waals surface area contributed by atoms with Crippen molar-refractivity contribution < 1.29 is 23.5 Å². The molecule has 1 atom stereocenters. The van der Waals surface area contributed by atoms with Crippen LogP contribution in [0.5, 0.6) is 0 Å². The smallest absolute Gasteiger partial charge is 0.333 e. The SMILES string of the molecule is CCCC(NC(=O)Cc1c(C)nn(C(F)F)c1C)C(=O)O. The predicted octanol–water partition coefficient (Wildman–Crippen LogP) is 1.81. The maximum atomic E-state index is 12.7. The summed E-state index contributed by atoms with van der Waals surface area (Å²) in [4.78, 5) is 22.9. The maximum absolute atomic E-state index is 12.7. The summed E-state index contributed by atoms with van der Waals surface area (Å²) in [5.74, 6) is -1.63. The Hall–Kier alpha value is -1.99. The van der Waals surface area contributed by atoms with E-state index in [0.717, 1.165) is 0 Å². The predicted molar refractivity (Wildman–Crippen MR) is 71.1 cm³/mol. The number of alkyl halides is 2. The van der Waals surface area contributed by atoms with Gasteiger partial charge in [-0.05, 0) is 20.3 Å². The highest BCUT2D eigenvalue weighted by Crippen LogP contribution is 2.19. The molecule has 0 fully saturated rings. The number of hydrogen-bond donors (Lipinski definition) is 2. The van der Waals surface area contributed by atoms with Crippen molar-refractivity contribution in [2.45, 2.75) is 52.6 Å². The number of nitrogens with zero attached hydrogens (tertiary/aromatic N) is 2.